The van der Waals surface area contributed by atoms with Crippen molar-refractivity contribution in [1.29, 1.82) is 5.26 Å². The maximum Gasteiger partial charge on any atom is 0.173 e. The number of hydrogen-bond donors (Lipinski definition) is 0. The molecule has 0 aliphatic carbocycles. The van der Waals surface area contributed by atoms with E-state index in [4.69, 9.17) is 16.9 Å². The molecule has 0 radical (unpaired) electrons. The second kappa shape index (κ2) is 4.52. The zero-order chi connectivity index (χ0) is 12.4. The van der Waals surface area contributed by atoms with Crippen LogP contribution < -0.4 is 0 Å². The fourth-order valence-corrected chi connectivity index (χ4v) is 1.74. The lowest BCUT2D eigenvalue weighted by Gasteiger charge is -2.00. The van der Waals surface area contributed by atoms with Crippen molar-refractivity contribution < 1.29 is 0 Å². The van der Waals surface area contributed by atoms with E-state index < -0.39 is 0 Å². The summed E-state index contributed by atoms with van der Waals surface area (Å²) in [5.74, 6) is 0.626. The fraction of sp³-hybridized carbons (Fsp3) is 0.273. The van der Waals surface area contributed by atoms with Crippen LogP contribution in [0.2, 0.25) is 5.15 Å². The van der Waals surface area contributed by atoms with Crippen LogP contribution in [-0.2, 0) is 0 Å². The predicted octanol–water partition coefficient (Wildman–Crippen LogP) is 2.31. The van der Waals surface area contributed by atoms with Gasteiger partial charge in [0.1, 0.15) is 11.6 Å². The summed E-state index contributed by atoms with van der Waals surface area (Å²) in [7, 11) is 0. The van der Waals surface area contributed by atoms with E-state index in [-0.39, 0.29) is 11.1 Å². The first-order chi connectivity index (χ1) is 8.15. The van der Waals surface area contributed by atoms with Crippen LogP contribution in [0.25, 0.3) is 5.82 Å². The number of nitrogens with zero attached hydrogens (tertiary/aromatic N) is 5. The Morgan fingerprint density at radius 2 is 2.18 bits per heavy atom. The molecule has 2 heterocycles. The molecule has 86 valence electrons. The highest BCUT2D eigenvalue weighted by Gasteiger charge is 2.19. The van der Waals surface area contributed by atoms with Gasteiger partial charge in [-0.2, -0.15) is 10.4 Å². The van der Waals surface area contributed by atoms with Gasteiger partial charge in [0.15, 0.2) is 11.0 Å². The molecule has 0 fully saturated rings. The summed E-state index contributed by atoms with van der Waals surface area (Å²) in [6.07, 6.45) is 4.66. The average Bonchev–Trinajstić information content (AvgIpc) is 2.67. The first-order valence-electron chi connectivity index (χ1n) is 5.10. The Morgan fingerprint density at radius 3 is 2.65 bits per heavy atom. The predicted molar refractivity (Wildman–Crippen MR) is 63.0 cm³/mol. The molecular weight excluding hydrogens is 238 g/mol. The van der Waals surface area contributed by atoms with Crippen molar-refractivity contribution >= 4 is 11.6 Å². The minimum absolute atomic E-state index is 0.125. The Hall–Kier alpha value is -1.93. The van der Waals surface area contributed by atoms with Gasteiger partial charge in [-0.1, -0.05) is 25.4 Å². The van der Waals surface area contributed by atoms with Crippen molar-refractivity contribution in [2.45, 2.75) is 19.8 Å². The lowest BCUT2D eigenvalue weighted by atomic mass is 10.1. The highest BCUT2D eigenvalue weighted by Crippen LogP contribution is 2.26. The third kappa shape index (κ3) is 1.99. The molecule has 2 aromatic heterocycles. The Balaban J connectivity index is 2.62. The van der Waals surface area contributed by atoms with Crippen molar-refractivity contribution in [1.82, 2.24) is 19.7 Å². The van der Waals surface area contributed by atoms with Crippen LogP contribution >= 0.6 is 11.6 Å². The molecule has 0 unspecified atom stereocenters. The van der Waals surface area contributed by atoms with Crippen molar-refractivity contribution in [3.05, 3.63) is 35.0 Å². The van der Waals surface area contributed by atoms with E-state index in [1.165, 1.54) is 4.68 Å². The summed E-state index contributed by atoms with van der Waals surface area (Å²) in [4.78, 5) is 8.05. The van der Waals surface area contributed by atoms with Gasteiger partial charge in [0.25, 0.3) is 0 Å². The lowest BCUT2D eigenvalue weighted by Crippen LogP contribution is -2.01. The van der Waals surface area contributed by atoms with Crippen LogP contribution in [0.3, 0.4) is 0 Å². The van der Waals surface area contributed by atoms with Gasteiger partial charge in [-0.25, -0.2) is 9.67 Å². The third-order valence-corrected chi connectivity index (χ3v) is 2.63. The summed E-state index contributed by atoms with van der Waals surface area (Å²) in [6.45, 7) is 3.92. The summed E-state index contributed by atoms with van der Waals surface area (Å²) in [5, 5.41) is 13.7. The highest BCUT2D eigenvalue weighted by atomic mass is 35.5. The van der Waals surface area contributed by atoms with Crippen LogP contribution in [-0.4, -0.2) is 19.7 Å². The number of aromatic nitrogens is 4. The normalized spacial score (nSPS) is 10.5. The molecule has 0 saturated carbocycles. The quantitative estimate of drug-likeness (QED) is 0.817. The van der Waals surface area contributed by atoms with Gasteiger partial charge in [-0.3, -0.25) is 4.98 Å². The summed E-state index contributed by atoms with van der Waals surface area (Å²) < 4.78 is 1.43. The van der Waals surface area contributed by atoms with E-state index in [9.17, 15) is 0 Å². The number of rotatable bonds is 2. The molecule has 0 atom stereocenters. The molecular formula is C11H10ClN5. The van der Waals surface area contributed by atoms with Crippen molar-refractivity contribution in [2.75, 3.05) is 0 Å². The van der Waals surface area contributed by atoms with Crippen LogP contribution in [0.5, 0.6) is 0 Å². The SMILES string of the molecule is CC(C)c1nn(-c2cnccn2)c(Cl)c1C#N. The minimum Gasteiger partial charge on any atom is -0.259 e. The zero-order valence-electron chi connectivity index (χ0n) is 9.42. The Kier molecular flexibility index (Phi) is 3.07. The van der Waals surface area contributed by atoms with Gasteiger partial charge in [-0.15, -0.1) is 0 Å². The molecule has 5 nitrogen and oxygen atoms in total. The maximum atomic E-state index is 9.08. The monoisotopic (exact) mass is 247 g/mol. The smallest absolute Gasteiger partial charge is 0.173 e. The Labute approximate surface area is 104 Å². The van der Waals surface area contributed by atoms with E-state index in [0.717, 1.165) is 0 Å². The Morgan fingerprint density at radius 1 is 1.41 bits per heavy atom. The van der Waals surface area contributed by atoms with E-state index in [1.54, 1.807) is 18.6 Å². The average molecular weight is 248 g/mol. The van der Waals surface area contributed by atoms with Gasteiger partial charge in [-0.05, 0) is 5.92 Å². The molecule has 0 N–H and O–H groups in total. The molecule has 0 aromatic carbocycles. The first-order valence-corrected chi connectivity index (χ1v) is 5.47. The molecule has 0 bridgehead atoms. The molecule has 2 rings (SSSR count). The van der Waals surface area contributed by atoms with Crippen LogP contribution in [0.4, 0.5) is 0 Å². The minimum atomic E-state index is 0.125. The molecule has 2 aromatic rings. The van der Waals surface area contributed by atoms with Crippen LogP contribution in [0.1, 0.15) is 31.0 Å². The molecule has 6 heteroatoms. The van der Waals surface area contributed by atoms with Gasteiger partial charge in [0.05, 0.1) is 11.9 Å². The molecule has 17 heavy (non-hydrogen) atoms. The van der Waals surface area contributed by atoms with Crippen molar-refractivity contribution in [3.63, 3.8) is 0 Å². The van der Waals surface area contributed by atoms with Gasteiger partial charge in [0.2, 0.25) is 0 Å². The topological polar surface area (TPSA) is 67.4 Å². The van der Waals surface area contributed by atoms with Crippen molar-refractivity contribution in [2.24, 2.45) is 0 Å². The standard InChI is InChI=1S/C11H10ClN5/c1-7(2)10-8(5-13)11(12)17(16-10)9-6-14-3-4-15-9/h3-4,6-7H,1-2H3. The largest absolute Gasteiger partial charge is 0.259 e. The second-order valence-corrected chi connectivity index (χ2v) is 4.15. The zero-order valence-corrected chi connectivity index (χ0v) is 10.2. The lowest BCUT2D eigenvalue weighted by molar-refractivity contribution is 0.754. The van der Waals surface area contributed by atoms with Gasteiger partial charge >= 0.3 is 0 Å². The van der Waals surface area contributed by atoms with E-state index in [0.29, 0.717) is 17.1 Å². The third-order valence-electron chi connectivity index (χ3n) is 2.28. The first kappa shape index (κ1) is 11.6. The number of nitriles is 1. The second-order valence-electron chi connectivity index (χ2n) is 3.79. The molecule has 0 saturated heterocycles. The number of halogens is 1. The van der Waals surface area contributed by atoms with Gasteiger partial charge in [0, 0.05) is 12.4 Å². The van der Waals surface area contributed by atoms with Crippen LogP contribution in [0.15, 0.2) is 18.6 Å². The summed E-state index contributed by atoms with van der Waals surface area (Å²) in [5.41, 5.74) is 1.07. The van der Waals surface area contributed by atoms with Crippen LogP contribution in [0, 0.1) is 11.3 Å². The van der Waals surface area contributed by atoms with E-state index >= 15 is 0 Å². The summed E-state index contributed by atoms with van der Waals surface area (Å²) in [6, 6.07) is 2.07. The summed E-state index contributed by atoms with van der Waals surface area (Å²) >= 11 is 6.12. The molecule has 0 aliphatic heterocycles. The fourth-order valence-electron chi connectivity index (χ4n) is 1.47. The highest BCUT2D eigenvalue weighted by molar-refractivity contribution is 6.31. The Bertz CT molecular complexity index is 568. The van der Waals surface area contributed by atoms with Gasteiger partial charge < -0.3 is 0 Å². The molecule has 0 aliphatic rings. The maximum absolute atomic E-state index is 9.08. The molecule has 0 spiro atoms. The molecule has 0 amide bonds. The van der Waals surface area contributed by atoms with E-state index in [2.05, 4.69) is 21.1 Å². The van der Waals surface area contributed by atoms with Crippen molar-refractivity contribution in [3.8, 4) is 11.9 Å². The van der Waals surface area contributed by atoms with E-state index in [1.807, 2.05) is 13.8 Å². The number of hydrogen-bond acceptors (Lipinski definition) is 4.